The molecule has 0 saturated heterocycles. The van der Waals surface area contributed by atoms with Gasteiger partial charge in [-0.15, -0.1) is 0 Å². The molecule has 0 unspecified atom stereocenters. The molecule has 0 radical (unpaired) electrons. The Morgan fingerprint density at radius 2 is 1.68 bits per heavy atom. The summed E-state index contributed by atoms with van der Waals surface area (Å²) >= 11 is 3.42. The van der Waals surface area contributed by atoms with Crippen molar-refractivity contribution in [1.82, 2.24) is 0 Å². The van der Waals surface area contributed by atoms with Gasteiger partial charge in [-0.3, -0.25) is 5.43 Å². The molecule has 0 spiro atoms. The van der Waals surface area contributed by atoms with Crippen molar-refractivity contribution in [3.05, 3.63) is 76.5 Å². The fraction of sp³-hybridized carbons (Fsp3) is 0.0556. The van der Waals surface area contributed by atoms with Crippen molar-refractivity contribution in [3.8, 4) is 11.3 Å². The first-order valence-corrected chi connectivity index (χ1v) is 7.71. The van der Waals surface area contributed by atoms with Crippen molar-refractivity contribution in [2.24, 2.45) is 5.10 Å². The zero-order chi connectivity index (χ0) is 15.4. The van der Waals surface area contributed by atoms with E-state index < -0.39 is 0 Å². The number of anilines is 1. The van der Waals surface area contributed by atoms with Gasteiger partial charge in [0.25, 0.3) is 0 Å². The summed E-state index contributed by atoms with van der Waals surface area (Å²) < 4.78 is 6.81. The van der Waals surface area contributed by atoms with Crippen molar-refractivity contribution < 1.29 is 4.42 Å². The van der Waals surface area contributed by atoms with E-state index >= 15 is 0 Å². The average molecular weight is 355 g/mol. The topological polar surface area (TPSA) is 37.5 Å². The third kappa shape index (κ3) is 3.65. The molecular formula is C18H15BrN2O. The van der Waals surface area contributed by atoms with Gasteiger partial charge in [0.1, 0.15) is 11.5 Å². The van der Waals surface area contributed by atoms with E-state index in [2.05, 4.69) is 33.4 Å². The standard InChI is InChI=1S/C18H15BrN2O/c1-13-2-8-16(9-3-13)21-20-12-17-10-11-18(22-17)14-4-6-15(19)7-5-14/h2-12,21H,1H3/b20-12+. The second-order valence-electron chi connectivity index (χ2n) is 4.94. The van der Waals surface area contributed by atoms with E-state index in [0.29, 0.717) is 5.76 Å². The lowest BCUT2D eigenvalue weighted by atomic mass is 10.2. The highest BCUT2D eigenvalue weighted by molar-refractivity contribution is 9.10. The Morgan fingerprint density at radius 3 is 2.41 bits per heavy atom. The number of hydrogen-bond acceptors (Lipinski definition) is 3. The van der Waals surface area contributed by atoms with E-state index in [0.717, 1.165) is 21.5 Å². The fourth-order valence-corrected chi connectivity index (χ4v) is 2.25. The minimum atomic E-state index is 0.706. The van der Waals surface area contributed by atoms with Gasteiger partial charge in [0.2, 0.25) is 0 Å². The van der Waals surface area contributed by atoms with Gasteiger partial charge in [-0.25, -0.2) is 0 Å². The first-order valence-electron chi connectivity index (χ1n) is 6.92. The first-order chi connectivity index (χ1) is 10.7. The quantitative estimate of drug-likeness (QED) is 0.498. The van der Waals surface area contributed by atoms with E-state index in [1.165, 1.54) is 5.56 Å². The Hall–Kier alpha value is -2.33. The molecular weight excluding hydrogens is 340 g/mol. The maximum absolute atomic E-state index is 5.76. The monoisotopic (exact) mass is 354 g/mol. The van der Waals surface area contributed by atoms with Crippen molar-refractivity contribution in [2.45, 2.75) is 6.92 Å². The molecule has 3 rings (SSSR count). The largest absolute Gasteiger partial charge is 0.455 e. The average Bonchev–Trinajstić information content (AvgIpc) is 2.99. The number of aryl methyl sites for hydroxylation is 1. The zero-order valence-corrected chi connectivity index (χ0v) is 13.7. The van der Waals surface area contributed by atoms with Gasteiger partial charge >= 0.3 is 0 Å². The third-order valence-corrected chi connectivity index (χ3v) is 3.72. The lowest BCUT2D eigenvalue weighted by Gasteiger charge is -1.99. The van der Waals surface area contributed by atoms with Crippen LogP contribution < -0.4 is 5.43 Å². The Bertz CT molecular complexity index is 774. The zero-order valence-electron chi connectivity index (χ0n) is 12.1. The summed E-state index contributed by atoms with van der Waals surface area (Å²) in [6, 6.07) is 19.9. The van der Waals surface area contributed by atoms with Crippen LogP contribution >= 0.6 is 15.9 Å². The summed E-state index contributed by atoms with van der Waals surface area (Å²) in [6.45, 7) is 2.06. The number of furan rings is 1. The number of rotatable bonds is 4. The number of halogens is 1. The highest BCUT2D eigenvalue weighted by atomic mass is 79.9. The van der Waals surface area contributed by atoms with Crippen LogP contribution in [0.1, 0.15) is 11.3 Å². The number of nitrogens with zero attached hydrogens (tertiary/aromatic N) is 1. The van der Waals surface area contributed by atoms with Crippen molar-refractivity contribution >= 4 is 27.8 Å². The second-order valence-corrected chi connectivity index (χ2v) is 5.86. The van der Waals surface area contributed by atoms with E-state index in [-0.39, 0.29) is 0 Å². The van der Waals surface area contributed by atoms with Crippen LogP contribution in [0.4, 0.5) is 5.69 Å². The molecule has 4 heteroatoms. The molecule has 0 saturated carbocycles. The van der Waals surface area contributed by atoms with E-state index in [1.54, 1.807) is 6.21 Å². The lowest BCUT2D eigenvalue weighted by molar-refractivity contribution is 0.575. The normalized spacial score (nSPS) is 11.0. The highest BCUT2D eigenvalue weighted by Gasteiger charge is 2.03. The predicted molar refractivity (Wildman–Crippen MR) is 94.2 cm³/mol. The van der Waals surface area contributed by atoms with Gasteiger partial charge in [0.05, 0.1) is 11.9 Å². The van der Waals surface area contributed by atoms with Gasteiger partial charge in [0, 0.05) is 10.0 Å². The molecule has 0 aliphatic carbocycles. The molecule has 3 nitrogen and oxygen atoms in total. The van der Waals surface area contributed by atoms with Crippen LogP contribution in [0, 0.1) is 6.92 Å². The van der Waals surface area contributed by atoms with Crippen LogP contribution in [0.5, 0.6) is 0 Å². The summed E-state index contributed by atoms with van der Waals surface area (Å²) in [5.41, 5.74) is 6.18. The molecule has 0 amide bonds. The molecule has 110 valence electrons. The SMILES string of the molecule is Cc1ccc(N/N=C/c2ccc(-c3ccc(Br)cc3)o2)cc1. The van der Waals surface area contributed by atoms with Crippen LogP contribution in [0.25, 0.3) is 11.3 Å². The molecule has 1 aromatic heterocycles. The molecule has 3 aromatic rings. The van der Waals surface area contributed by atoms with Gasteiger partial charge in [-0.2, -0.15) is 5.10 Å². The number of hydrogen-bond donors (Lipinski definition) is 1. The summed E-state index contributed by atoms with van der Waals surface area (Å²) in [6.07, 6.45) is 1.67. The maximum Gasteiger partial charge on any atom is 0.147 e. The smallest absolute Gasteiger partial charge is 0.147 e. The van der Waals surface area contributed by atoms with Gasteiger partial charge < -0.3 is 4.42 Å². The number of hydrazone groups is 1. The molecule has 2 aromatic carbocycles. The van der Waals surface area contributed by atoms with Crippen molar-refractivity contribution in [3.63, 3.8) is 0 Å². The molecule has 1 N–H and O–H groups in total. The molecule has 0 aliphatic heterocycles. The lowest BCUT2D eigenvalue weighted by Crippen LogP contribution is -1.89. The summed E-state index contributed by atoms with van der Waals surface area (Å²) in [4.78, 5) is 0. The summed E-state index contributed by atoms with van der Waals surface area (Å²) in [7, 11) is 0. The van der Waals surface area contributed by atoms with Crippen LogP contribution in [0.15, 0.2) is 74.7 Å². The Morgan fingerprint density at radius 1 is 0.955 bits per heavy atom. The van der Waals surface area contributed by atoms with Crippen LogP contribution in [-0.4, -0.2) is 6.21 Å². The highest BCUT2D eigenvalue weighted by Crippen LogP contribution is 2.23. The summed E-state index contributed by atoms with van der Waals surface area (Å²) in [5.74, 6) is 1.53. The predicted octanol–water partition coefficient (Wildman–Crippen LogP) is 5.46. The van der Waals surface area contributed by atoms with Gasteiger partial charge in [-0.05, 0) is 43.3 Å². The molecule has 0 bridgehead atoms. The number of nitrogens with one attached hydrogen (secondary N) is 1. The van der Waals surface area contributed by atoms with Crippen molar-refractivity contribution in [1.29, 1.82) is 0 Å². The van der Waals surface area contributed by atoms with Gasteiger partial charge in [0.15, 0.2) is 0 Å². The molecule has 1 heterocycles. The van der Waals surface area contributed by atoms with Crippen LogP contribution in [0.2, 0.25) is 0 Å². The summed E-state index contributed by atoms with van der Waals surface area (Å²) in [5, 5.41) is 4.19. The fourth-order valence-electron chi connectivity index (χ4n) is 1.99. The number of benzene rings is 2. The minimum absolute atomic E-state index is 0.706. The Labute approximate surface area is 137 Å². The molecule has 0 aliphatic rings. The third-order valence-electron chi connectivity index (χ3n) is 3.19. The Balaban J connectivity index is 1.67. The van der Waals surface area contributed by atoms with Crippen LogP contribution in [0.3, 0.4) is 0 Å². The van der Waals surface area contributed by atoms with Gasteiger partial charge in [-0.1, -0.05) is 45.8 Å². The van der Waals surface area contributed by atoms with E-state index in [9.17, 15) is 0 Å². The van der Waals surface area contributed by atoms with Crippen LogP contribution in [-0.2, 0) is 0 Å². The van der Waals surface area contributed by atoms with E-state index in [4.69, 9.17) is 4.42 Å². The first kappa shape index (κ1) is 14.6. The maximum atomic E-state index is 5.76. The second kappa shape index (κ2) is 6.62. The Kier molecular flexibility index (Phi) is 4.39. The van der Waals surface area contributed by atoms with Crippen molar-refractivity contribution in [2.75, 3.05) is 5.43 Å². The minimum Gasteiger partial charge on any atom is -0.455 e. The molecule has 0 atom stereocenters. The molecule has 0 fully saturated rings. The molecule has 22 heavy (non-hydrogen) atoms. The van der Waals surface area contributed by atoms with E-state index in [1.807, 2.05) is 60.7 Å².